The first kappa shape index (κ1) is 14.1. The van der Waals surface area contributed by atoms with Gasteiger partial charge in [0.1, 0.15) is 5.69 Å². The van der Waals surface area contributed by atoms with E-state index in [2.05, 4.69) is 9.71 Å². The molecule has 0 aliphatic rings. The van der Waals surface area contributed by atoms with Gasteiger partial charge in [0.05, 0.1) is 5.75 Å². The molecule has 0 amide bonds. The molecule has 0 radical (unpaired) electrons. The van der Waals surface area contributed by atoms with E-state index in [4.69, 9.17) is 4.74 Å². The zero-order valence-corrected chi connectivity index (χ0v) is 11.2. The standard InChI is InChI=1S/C9H14N2O4S2/c1-7(12)8-6-16-9(10-8)11-17(13,14)5-3-4-15-2/h6H,3-5H2,1-2H3,(H,10,11). The minimum absolute atomic E-state index is 0.0319. The zero-order valence-electron chi connectivity index (χ0n) is 9.60. The SMILES string of the molecule is COCCCS(=O)(=O)Nc1nc(C(C)=O)cs1. The van der Waals surface area contributed by atoms with Crippen LogP contribution in [0.5, 0.6) is 0 Å². The number of nitrogens with zero attached hydrogens (tertiary/aromatic N) is 1. The van der Waals surface area contributed by atoms with E-state index in [0.717, 1.165) is 11.3 Å². The van der Waals surface area contributed by atoms with Gasteiger partial charge in [0, 0.05) is 26.0 Å². The van der Waals surface area contributed by atoms with E-state index in [1.54, 1.807) is 0 Å². The number of ether oxygens (including phenoxy) is 1. The third-order valence-electron chi connectivity index (χ3n) is 1.87. The lowest BCUT2D eigenvalue weighted by Gasteiger charge is -2.03. The molecule has 1 aromatic heterocycles. The lowest BCUT2D eigenvalue weighted by atomic mass is 10.4. The van der Waals surface area contributed by atoms with E-state index in [1.165, 1.54) is 19.4 Å². The molecule has 0 fully saturated rings. The van der Waals surface area contributed by atoms with Crippen molar-refractivity contribution in [1.82, 2.24) is 4.98 Å². The Bertz CT molecular complexity index is 481. The van der Waals surface area contributed by atoms with Gasteiger partial charge in [-0.2, -0.15) is 0 Å². The van der Waals surface area contributed by atoms with E-state index >= 15 is 0 Å². The van der Waals surface area contributed by atoms with Crippen LogP contribution >= 0.6 is 11.3 Å². The molecule has 8 heteroatoms. The Morgan fingerprint density at radius 3 is 2.82 bits per heavy atom. The Morgan fingerprint density at radius 1 is 1.59 bits per heavy atom. The number of hydrogen-bond acceptors (Lipinski definition) is 6. The number of ketones is 1. The van der Waals surface area contributed by atoms with E-state index in [-0.39, 0.29) is 22.4 Å². The van der Waals surface area contributed by atoms with Crippen LogP contribution in [0.1, 0.15) is 23.8 Å². The summed E-state index contributed by atoms with van der Waals surface area (Å²) < 4.78 is 30.2. The van der Waals surface area contributed by atoms with Crippen LogP contribution in [0.3, 0.4) is 0 Å². The molecule has 1 aromatic rings. The molecule has 0 spiro atoms. The van der Waals surface area contributed by atoms with Gasteiger partial charge in [-0.1, -0.05) is 0 Å². The van der Waals surface area contributed by atoms with Crippen molar-refractivity contribution in [2.75, 3.05) is 24.2 Å². The van der Waals surface area contributed by atoms with Crippen molar-refractivity contribution in [2.24, 2.45) is 0 Å². The van der Waals surface area contributed by atoms with Crippen molar-refractivity contribution in [2.45, 2.75) is 13.3 Å². The molecule has 0 saturated carbocycles. The van der Waals surface area contributed by atoms with Gasteiger partial charge >= 0.3 is 0 Å². The van der Waals surface area contributed by atoms with Gasteiger partial charge in [0.15, 0.2) is 10.9 Å². The smallest absolute Gasteiger partial charge is 0.234 e. The number of methoxy groups -OCH3 is 1. The van der Waals surface area contributed by atoms with Crippen LogP contribution in [0.2, 0.25) is 0 Å². The Balaban J connectivity index is 2.60. The second-order valence-corrected chi connectivity index (χ2v) is 6.06. The van der Waals surface area contributed by atoms with Crippen molar-refractivity contribution >= 4 is 32.3 Å². The zero-order chi connectivity index (χ0) is 12.9. The largest absolute Gasteiger partial charge is 0.385 e. The highest BCUT2D eigenvalue weighted by molar-refractivity contribution is 7.92. The maximum absolute atomic E-state index is 11.6. The third-order valence-corrected chi connectivity index (χ3v) is 4.09. The van der Waals surface area contributed by atoms with Gasteiger partial charge < -0.3 is 4.74 Å². The summed E-state index contributed by atoms with van der Waals surface area (Å²) in [7, 11) is -1.90. The molecule has 1 heterocycles. The van der Waals surface area contributed by atoms with Gasteiger partial charge in [0.2, 0.25) is 10.0 Å². The van der Waals surface area contributed by atoms with Crippen LogP contribution in [0.4, 0.5) is 5.13 Å². The second-order valence-electron chi connectivity index (χ2n) is 3.36. The summed E-state index contributed by atoms with van der Waals surface area (Å²) in [6.07, 6.45) is 0.413. The molecule has 1 rings (SSSR count). The average molecular weight is 278 g/mol. The highest BCUT2D eigenvalue weighted by Crippen LogP contribution is 2.17. The lowest BCUT2D eigenvalue weighted by Crippen LogP contribution is -2.17. The fourth-order valence-electron chi connectivity index (χ4n) is 1.06. The Labute approximate surface area is 104 Å². The van der Waals surface area contributed by atoms with Crippen LogP contribution in [-0.2, 0) is 14.8 Å². The number of hydrogen-bond donors (Lipinski definition) is 1. The van der Waals surface area contributed by atoms with Gasteiger partial charge in [-0.05, 0) is 6.42 Å². The number of carbonyl (C=O) groups is 1. The number of aromatic nitrogens is 1. The predicted octanol–water partition coefficient (Wildman–Crippen LogP) is 1.12. The van der Waals surface area contributed by atoms with Crippen LogP contribution in [0.15, 0.2) is 5.38 Å². The average Bonchev–Trinajstić information content (AvgIpc) is 2.65. The first-order valence-electron chi connectivity index (χ1n) is 4.90. The molecule has 0 atom stereocenters. The number of sulfonamides is 1. The Kier molecular flexibility index (Phi) is 5.03. The molecule has 0 aliphatic heterocycles. The summed E-state index contributed by atoms with van der Waals surface area (Å²) in [4.78, 5) is 14.9. The molecule has 1 N–H and O–H groups in total. The van der Waals surface area contributed by atoms with Crippen molar-refractivity contribution in [3.05, 3.63) is 11.1 Å². The summed E-state index contributed by atoms with van der Waals surface area (Å²) in [5, 5.41) is 1.74. The highest BCUT2D eigenvalue weighted by atomic mass is 32.2. The number of anilines is 1. The molecule has 6 nitrogen and oxygen atoms in total. The molecular weight excluding hydrogens is 264 g/mol. The lowest BCUT2D eigenvalue weighted by molar-refractivity contribution is 0.101. The van der Waals surface area contributed by atoms with E-state index in [9.17, 15) is 13.2 Å². The number of Topliss-reactive ketones (excluding diaryl/α,β-unsaturated/α-hetero) is 1. The second kappa shape index (κ2) is 6.08. The molecule has 96 valence electrons. The predicted molar refractivity (Wildman–Crippen MR) is 66.0 cm³/mol. The first-order valence-corrected chi connectivity index (χ1v) is 7.43. The van der Waals surface area contributed by atoms with E-state index in [0.29, 0.717) is 13.0 Å². The molecular formula is C9H14N2O4S2. The summed E-state index contributed by atoms with van der Waals surface area (Å²) in [6.45, 7) is 1.77. The molecule has 17 heavy (non-hydrogen) atoms. The quantitative estimate of drug-likeness (QED) is 0.597. The van der Waals surface area contributed by atoms with Crippen molar-refractivity contribution in [1.29, 1.82) is 0 Å². The van der Waals surface area contributed by atoms with Crippen molar-refractivity contribution < 1.29 is 17.9 Å². The Hall–Kier alpha value is -0.990. The van der Waals surface area contributed by atoms with Gasteiger partial charge in [-0.25, -0.2) is 13.4 Å². The molecule has 0 bridgehead atoms. The maximum atomic E-state index is 11.6. The summed E-state index contributed by atoms with van der Waals surface area (Å²) in [6, 6.07) is 0. The molecule has 0 saturated heterocycles. The van der Waals surface area contributed by atoms with Crippen LogP contribution in [0, 0.1) is 0 Å². The number of rotatable bonds is 7. The van der Waals surface area contributed by atoms with E-state index < -0.39 is 10.0 Å². The number of nitrogens with one attached hydrogen (secondary N) is 1. The first-order chi connectivity index (χ1) is 7.94. The summed E-state index contributed by atoms with van der Waals surface area (Å²) in [5.74, 6) is -0.221. The fourth-order valence-corrected chi connectivity index (χ4v) is 3.14. The maximum Gasteiger partial charge on any atom is 0.234 e. The van der Waals surface area contributed by atoms with Crippen LogP contribution < -0.4 is 4.72 Å². The fraction of sp³-hybridized carbons (Fsp3) is 0.556. The van der Waals surface area contributed by atoms with Crippen LogP contribution in [0.25, 0.3) is 0 Å². The Morgan fingerprint density at radius 2 is 2.29 bits per heavy atom. The number of carbonyl (C=O) groups excluding carboxylic acids is 1. The van der Waals surface area contributed by atoms with Crippen molar-refractivity contribution in [3.8, 4) is 0 Å². The van der Waals surface area contributed by atoms with Crippen molar-refractivity contribution in [3.63, 3.8) is 0 Å². The topological polar surface area (TPSA) is 85.4 Å². The van der Waals surface area contributed by atoms with Crippen LogP contribution in [-0.4, -0.2) is 38.7 Å². The number of thiazole rings is 1. The van der Waals surface area contributed by atoms with Gasteiger partial charge in [0.25, 0.3) is 0 Å². The minimum Gasteiger partial charge on any atom is -0.385 e. The third kappa shape index (κ3) is 4.80. The van der Waals surface area contributed by atoms with E-state index in [1.807, 2.05) is 0 Å². The van der Waals surface area contributed by atoms with Gasteiger partial charge in [-0.3, -0.25) is 9.52 Å². The summed E-state index contributed by atoms with van der Waals surface area (Å²) >= 11 is 1.09. The highest BCUT2D eigenvalue weighted by Gasteiger charge is 2.13. The minimum atomic E-state index is -3.41. The molecule has 0 aliphatic carbocycles. The summed E-state index contributed by atoms with van der Waals surface area (Å²) in [5.41, 5.74) is 0.268. The van der Waals surface area contributed by atoms with Gasteiger partial charge in [-0.15, -0.1) is 11.3 Å². The molecule has 0 unspecified atom stereocenters. The monoisotopic (exact) mass is 278 g/mol. The normalized spacial score (nSPS) is 11.4. The molecule has 0 aromatic carbocycles.